The summed E-state index contributed by atoms with van der Waals surface area (Å²) < 4.78 is 2.02. The second kappa shape index (κ2) is 9.52. The van der Waals surface area contributed by atoms with E-state index in [4.69, 9.17) is 16.7 Å². The third-order valence-electron chi connectivity index (χ3n) is 5.87. The van der Waals surface area contributed by atoms with Crippen LogP contribution in [0.3, 0.4) is 0 Å². The molecule has 2 aromatic heterocycles. The van der Waals surface area contributed by atoms with Crippen molar-refractivity contribution in [1.29, 1.82) is 0 Å². The van der Waals surface area contributed by atoms with Crippen molar-refractivity contribution in [2.24, 2.45) is 0 Å². The van der Waals surface area contributed by atoms with Crippen LogP contribution in [-0.2, 0) is 13.1 Å². The number of hydrogen-bond acceptors (Lipinski definition) is 4. The molecule has 1 aromatic carbocycles. The zero-order chi connectivity index (χ0) is 21.8. The second-order valence-electron chi connectivity index (χ2n) is 8.05. The van der Waals surface area contributed by atoms with Crippen molar-refractivity contribution < 1.29 is 4.79 Å². The number of amides is 1. The molecule has 6 nitrogen and oxygen atoms in total. The maximum Gasteiger partial charge on any atom is 0.255 e. The number of rotatable bonds is 6. The third kappa shape index (κ3) is 4.90. The summed E-state index contributed by atoms with van der Waals surface area (Å²) in [5.74, 6) is 0.584. The Labute approximate surface area is 188 Å². The van der Waals surface area contributed by atoms with Crippen molar-refractivity contribution in [1.82, 2.24) is 19.7 Å². The molecule has 1 saturated heterocycles. The molecule has 3 aromatic rings. The van der Waals surface area contributed by atoms with E-state index in [2.05, 4.69) is 29.4 Å². The van der Waals surface area contributed by atoms with Crippen molar-refractivity contribution in [3.05, 3.63) is 75.7 Å². The molecule has 4 rings (SSSR count). The topological polar surface area (TPSA) is 63.1 Å². The molecule has 1 aliphatic heterocycles. The van der Waals surface area contributed by atoms with E-state index in [-0.39, 0.29) is 5.91 Å². The summed E-state index contributed by atoms with van der Waals surface area (Å²) in [5.41, 5.74) is 4.98. The Kier molecular flexibility index (Phi) is 6.56. The largest absolute Gasteiger partial charge is 0.365 e. The summed E-state index contributed by atoms with van der Waals surface area (Å²) in [6.07, 6.45) is 4.92. The molecule has 0 spiro atoms. The van der Waals surface area contributed by atoms with E-state index in [0.29, 0.717) is 22.9 Å². The normalized spacial score (nSPS) is 14.0. The van der Waals surface area contributed by atoms with Crippen LogP contribution in [0.1, 0.15) is 52.1 Å². The van der Waals surface area contributed by atoms with Gasteiger partial charge in [-0.1, -0.05) is 41.9 Å². The van der Waals surface area contributed by atoms with Gasteiger partial charge in [0.15, 0.2) is 0 Å². The lowest BCUT2D eigenvalue weighted by Gasteiger charge is -2.26. The molecule has 3 heterocycles. The lowest BCUT2D eigenvalue weighted by Crippen LogP contribution is -2.35. The van der Waals surface area contributed by atoms with Gasteiger partial charge in [-0.05, 0) is 44.7 Å². The maximum absolute atomic E-state index is 12.7. The summed E-state index contributed by atoms with van der Waals surface area (Å²) in [4.78, 5) is 19.0. The molecular formula is C24H28ClN5O. The fourth-order valence-corrected chi connectivity index (χ4v) is 4.27. The number of halogens is 1. The number of aryl methyl sites for hydroxylation is 1. The molecule has 0 saturated carbocycles. The summed E-state index contributed by atoms with van der Waals surface area (Å²) >= 11 is 6.45. The van der Waals surface area contributed by atoms with Gasteiger partial charge in [0.05, 0.1) is 22.8 Å². The average Bonchev–Trinajstić information content (AvgIpc) is 3.06. The smallest absolute Gasteiger partial charge is 0.255 e. The van der Waals surface area contributed by atoms with Crippen molar-refractivity contribution in [3.63, 3.8) is 0 Å². The van der Waals surface area contributed by atoms with Crippen molar-refractivity contribution >= 4 is 23.3 Å². The first-order valence-corrected chi connectivity index (χ1v) is 11.2. The minimum Gasteiger partial charge on any atom is -0.365 e. The highest BCUT2D eigenvalue weighted by molar-refractivity contribution is 6.33. The Morgan fingerprint density at radius 1 is 1.13 bits per heavy atom. The quantitative estimate of drug-likeness (QED) is 0.599. The lowest BCUT2D eigenvalue weighted by molar-refractivity contribution is 0.0724. The van der Waals surface area contributed by atoms with Crippen molar-refractivity contribution in [2.45, 2.75) is 46.2 Å². The molecule has 31 heavy (non-hydrogen) atoms. The minimum atomic E-state index is 0.00882. The molecule has 162 valence electrons. The first-order valence-electron chi connectivity index (χ1n) is 10.8. The Balaban J connectivity index is 1.44. The van der Waals surface area contributed by atoms with Crippen LogP contribution in [0.2, 0.25) is 5.02 Å². The molecule has 1 aliphatic rings. The minimum absolute atomic E-state index is 0.00882. The number of nitrogens with one attached hydrogen (secondary N) is 1. The number of pyridine rings is 1. The number of carbonyl (C=O) groups is 1. The van der Waals surface area contributed by atoms with E-state index >= 15 is 0 Å². The molecule has 1 amide bonds. The predicted molar refractivity (Wildman–Crippen MR) is 124 cm³/mol. The van der Waals surface area contributed by atoms with Gasteiger partial charge < -0.3 is 10.2 Å². The molecule has 0 aliphatic carbocycles. The highest BCUT2D eigenvalue weighted by atomic mass is 35.5. The van der Waals surface area contributed by atoms with E-state index < -0.39 is 0 Å². The molecule has 0 atom stereocenters. The highest BCUT2D eigenvalue weighted by Crippen LogP contribution is 2.24. The highest BCUT2D eigenvalue weighted by Gasteiger charge is 2.20. The van der Waals surface area contributed by atoms with Crippen LogP contribution in [0, 0.1) is 13.8 Å². The summed E-state index contributed by atoms with van der Waals surface area (Å²) in [6, 6.07) is 12.0. The number of anilines is 1. The van der Waals surface area contributed by atoms with Gasteiger partial charge in [0, 0.05) is 37.1 Å². The van der Waals surface area contributed by atoms with E-state index in [9.17, 15) is 4.79 Å². The van der Waals surface area contributed by atoms with Crippen LogP contribution in [-0.4, -0.2) is 38.7 Å². The molecule has 7 heteroatoms. The zero-order valence-electron chi connectivity index (χ0n) is 18.1. The molecule has 0 bridgehead atoms. The zero-order valence-corrected chi connectivity index (χ0v) is 18.8. The average molecular weight is 438 g/mol. The third-order valence-corrected chi connectivity index (χ3v) is 6.16. The van der Waals surface area contributed by atoms with Crippen LogP contribution in [0.5, 0.6) is 0 Å². The Morgan fingerprint density at radius 2 is 1.87 bits per heavy atom. The van der Waals surface area contributed by atoms with Crippen LogP contribution >= 0.6 is 11.6 Å². The fourth-order valence-electron chi connectivity index (χ4n) is 4.04. The monoisotopic (exact) mass is 437 g/mol. The first kappa shape index (κ1) is 21.4. The number of likely N-dealkylation sites (tertiary alicyclic amines) is 1. The predicted octanol–water partition coefficient (Wildman–Crippen LogP) is 4.83. The molecule has 0 radical (unpaired) electrons. The van der Waals surface area contributed by atoms with E-state index in [1.54, 1.807) is 12.3 Å². The Morgan fingerprint density at radius 3 is 2.58 bits per heavy atom. The number of piperidine rings is 1. The van der Waals surface area contributed by atoms with Crippen LogP contribution in [0.25, 0.3) is 0 Å². The van der Waals surface area contributed by atoms with Gasteiger partial charge in [-0.2, -0.15) is 5.10 Å². The molecule has 0 unspecified atom stereocenters. The van der Waals surface area contributed by atoms with E-state index in [0.717, 1.165) is 49.4 Å². The van der Waals surface area contributed by atoms with Crippen LogP contribution in [0.4, 0.5) is 5.82 Å². The SMILES string of the molecule is Cc1nn(Cc2ccccc2)c(C)c1CNc1ncc(C(=O)N2CCCCC2)cc1Cl. The summed E-state index contributed by atoms with van der Waals surface area (Å²) in [6.45, 7) is 7.01. The van der Waals surface area contributed by atoms with Gasteiger partial charge >= 0.3 is 0 Å². The Bertz CT molecular complexity index is 1060. The van der Waals surface area contributed by atoms with Crippen LogP contribution < -0.4 is 5.32 Å². The van der Waals surface area contributed by atoms with Gasteiger partial charge in [0.25, 0.3) is 5.91 Å². The second-order valence-corrected chi connectivity index (χ2v) is 8.46. The van der Waals surface area contributed by atoms with Gasteiger partial charge in [-0.3, -0.25) is 9.48 Å². The Hall–Kier alpha value is -2.86. The molecule has 1 N–H and O–H groups in total. The number of carbonyl (C=O) groups excluding carboxylic acids is 1. The van der Waals surface area contributed by atoms with Crippen LogP contribution in [0.15, 0.2) is 42.6 Å². The molecule has 1 fully saturated rings. The van der Waals surface area contributed by atoms with Gasteiger partial charge in [0.1, 0.15) is 5.82 Å². The van der Waals surface area contributed by atoms with Crippen molar-refractivity contribution in [2.75, 3.05) is 18.4 Å². The number of aromatic nitrogens is 3. The number of nitrogens with zero attached hydrogens (tertiary/aromatic N) is 4. The van der Waals surface area contributed by atoms with Gasteiger partial charge in [-0.25, -0.2) is 4.98 Å². The van der Waals surface area contributed by atoms with Gasteiger partial charge in [-0.15, -0.1) is 0 Å². The number of benzene rings is 1. The fraction of sp³-hybridized carbons (Fsp3) is 0.375. The first-order chi connectivity index (χ1) is 15.0. The summed E-state index contributed by atoms with van der Waals surface area (Å²) in [5, 5.41) is 8.47. The van der Waals surface area contributed by atoms with Crippen molar-refractivity contribution in [3.8, 4) is 0 Å². The molecular weight excluding hydrogens is 410 g/mol. The number of hydrogen-bond donors (Lipinski definition) is 1. The lowest BCUT2D eigenvalue weighted by atomic mass is 10.1. The van der Waals surface area contributed by atoms with E-state index in [1.165, 1.54) is 12.0 Å². The van der Waals surface area contributed by atoms with E-state index in [1.807, 2.05) is 34.7 Å². The summed E-state index contributed by atoms with van der Waals surface area (Å²) in [7, 11) is 0. The standard InChI is InChI=1S/C24H28ClN5O/c1-17-21(18(2)30(28-17)16-19-9-5-3-6-10-19)15-27-23-22(25)13-20(14-26-23)24(31)29-11-7-4-8-12-29/h3,5-6,9-10,13-14H,4,7-8,11-12,15-16H2,1-2H3,(H,26,27). The van der Waals surface area contributed by atoms with Gasteiger partial charge in [0.2, 0.25) is 0 Å². The maximum atomic E-state index is 12.7.